The van der Waals surface area contributed by atoms with Gasteiger partial charge in [0.25, 0.3) is 0 Å². The lowest BCUT2D eigenvalue weighted by atomic mass is 10.4. The summed E-state index contributed by atoms with van der Waals surface area (Å²) in [6.45, 7) is 0.614. The minimum Gasteiger partial charge on any atom is -0.337 e. The van der Waals surface area contributed by atoms with Gasteiger partial charge in [0.2, 0.25) is 0 Å². The third kappa shape index (κ3) is 2.73. The second-order valence-corrected chi connectivity index (χ2v) is 7.28. The molecular formula is C10H12N4O2S2. The van der Waals surface area contributed by atoms with E-state index in [0.717, 1.165) is 5.75 Å². The molecule has 18 heavy (non-hydrogen) atoms. The van der Waals surface area contributed by atoms with E-state index in [1.807, 2.05) is 6.07 Å². The van der Waals surface area contributed by atoms with Crippen LogP contribution in [0.1, 0.15) is 5.69 Å². The second-order valence-electron chi connectivity index (χ2n) is 3.92. The minimum atomic E-state index is -3.17. The van der Waals surface area contributed by atoms with Crippen LogP contribution in [0.2, 0.25) is 0 Å². The molecule has 2 heterocycles. The fourth-order valence-corrected chi connectivity index (χ4v) is 4.55. The number of sulfone groups is 1. The Morgan fingerprint density at radius 2 is 2.28 bits per heavy atom. The van der Waals surface area contributed by atoms with Gasteiger partial charge in [0.05, 0.1) is 12.4 Å². The quantitative estimate of drug-likeness (QED) is 0.770. The van der Waals surface area contributed by atoms with Crippen molar-refractivity contribution in [1.82, 2.24) is 9.97 Å². The SMILES string of the molecule is CS(=O)(=O)C1CSCCN1c1cnc(C#N)cn1. The highest BCUT2D eigenvalue weighted by Gasteiger charge is 2.31. The summed E-state index contributed by atoms with van der Waals surface area (Å²) in [7, 11) is -3.17. The number of rotatable bonds is 2. The molecule has 0 aromatic carbocycles. The van der Waals surface area contributed by atoms with Crippen LogP contribution in [0.4, 0.5) is 5.82 Å². The van der Waals surface area contributed by atoms with Gasteiger partial charge >= 0.3 is 0 Å². The van der Waals surface area contributed by atoms with Crippen molar-refractivity contribution in [3.63, 3.8) is 0 Å². The van der Waals surface area contributed by atoms with Gasteiger partial charge < -0.3 is 4.90 Å². The normalized spacial score (nSPS) is 20.4. The summed E-state index contributed by atoms with van der Waals surface area (Å²) in [5.41, 5.74) is 0.223. The van der Waals surface area contributed by atoms with Gasteiger partial charge in [-0.05, 0) is 0 Å². The topological polar surface area (TPSA) is 87.0 Å². The van der Waals surface area contributed by atoms with E-state index < -0.39 is 15.2 Å². The largest absolute Gasteiger partial charge is 0.337 e. The van der Waals surface area contributed by atoms with Crippen LogP contribution in [-0.2, 0) is 9.84 Å². The number of hydrogen-bond acceptors (Lipinski definition) is 7. The lowest BCUT2D eigenvalue weighted by Crippen LogP contribution is -2.47. The van der Waals surface area contributed by atoms with Crippen LogP contribution >= 0.6 is 11.8 Å². The van der Waals surface area contributed by atoms with Gasteiger partial charge in [0.1, 0.15) is 17.3 Å². The summed E-state index contributed by atoms with van der Waals surface area (Å²) in [5, 5.41) is 8.08. The lowest BCUT2D eigenvalue weighted by Gasteiger charge is -2.34. The molecule has 0 amide bonds. The van der Waals surface area contributed by atoms with Crippen molar-refractivity contribution in [2.75, 3.05) is 29.2 Å². The first kappa shape index (κ1) is 13.1. The minimum absolute atomic E-state index is 0.223. The highest BCUT2D eigenvalue weighted by atomic mass is 32.2. The maximum atomic E-state index is 11.7. The Balaban J connectivity index is 2.31. The average molecular weight is 284 g/mol. The van der Waals surface area contributed by atoms with Crippen LogP contribution in [0.5, 0.6) is 0 Å². The van der Waals surface area contributed by atoms with E-state index in [9.17, 15) is 8.42 Å². The molecule has 1 fully saturated rings. The molecule has 1 aromatic heterocycles. The predicted molar refractivity (Wildman–Crippen MR) is 70.0 cm³/mol. The molecule has 0 saturated carbocycles. The highest BCUT2D eigenvalue weighted by molar-refractivity contribution is 8.01. The Morgan fingerprint density at radius 1 is 1.50 bits per heavy atom. The first-order chi connectivity index (χ1) is 8.52. The van der Waals surface area contributed by atoms with Crippen LogP contribution in [0.25, 0.3) is 0 Å². The van der Waals surface area contributed by atoms with Crippen molar-refractivity contribution < 1.29 is 8.42 Å². The fourth-order valence-electron chi connectivity index (χ4n) is 1.73. The third-order valence-electron chi connectivity index (χ3n) is 2.63. The summed E-state index contributed by atoms with van der Waals surface area (Å²) < 4.78 is 23.5. The van der Waals surface area contributed by atoms with Crippen LogP contribution in [0.15, 0.2) is 12.4 Å². The van der Waals surface area contributed by atoms with Crippen molar-refractivity contribution in [2.24, 2.45) is 0 Å². The molecule has 0 N–H and O–H groups in total. The Bertz CT molecular complexity index is 565. The van der Waals surface area contributed by atoms with Crippen LogP contribution in [0, 0.1) is 11.3 Å². The van der Waals surface area contributed by atoms with Crippen molar-refractivity contribution in [1.29, 1.82) is 5.26 Å². The number of anilines is 1. The van der Waals surface area contributed by atoms with Gasteiger partial charge in [-0.3, -0.25) is 0 Å². The zero-order valence-corrected chi connectivity index (χ0v) is 11.4. The van der Waals surface area contributed by atoms with Gasteiger partial charge in [-0.1, -0.05) is 0 Å². The van der Waals surface area contributed by atoms with Crippen LogP contribution < -0.4 is 4.90 Å². The van der Waals surface area contributed by atoms with Crippen molar-refractivity contribution >= 4 is 27.4 Å². The summed E-state index contributed by atoms with van der Waals surface area (Å²) in [6, 6.07) is 1.88. The molecule has 1 aliphatic rings. The number of nitrogens with zero attached hydrogens (tertiary/aromatic N) is 4. The molecule has 1 aliphatic heterocycles. The maximum absolute atomic E-state index is 11.7. The summed E-state index contributed by atoms with van der Waals surface area (Å²) >= 11 is 1.61. The van der Waals surface area contributed by atoms with Gasteiger partial charge in [0.15, 0.2) is 15.5 Å². The first-order valence-corrected chi connectivity index (χ1v) is 8.38. The number of thioether (sulfide) groups is 1. The van der Waals surface area contributed by atoms with E-state index in [-0.39, 0.29) is 5.69 Å². The zero-order valence-electron chi connectivity index (χ0n) is 9.78. The standard InChI is InChI=1S/C10H12N4O2S2/c1-18(15,16)10-7-17-3-2-14(10)9-6-12-8(4-11)5-13-9/h5-6,10H,2-3,7H2,1H3. The van der Waals surface area contributed by atoms with E-state index in [0.29, 0.717) is 18.1 Å². The second kappa shape index (κ2) is 5.12. The molecule has 0 aliphatic carbocycles. The van der Waals surface area contributed by atoms with Gasteiger partial charge in [-0.15, -0.1) is 0 Å². The predicted octanol–water partition coefficient (Wildman–Crippen LogP) is 0.272. The number of aromatic nitrogens is 2. The molecule has 8 heteroatoms. The first-order valence-electron chi connectivity index (χ1n) is 5.28. The third-order valence-corrected chi connectivity index (χ3v) is 5.27. The molecule has 1 atom stereocenters. The number of nitriles is 1. The molecule has 96 valence electrons. The molecule has 0 spiro atoms. The lowest BCUT2D eigenvalue weighted by molar-refractivity contribution is 0.583. The van der Waals surface area contributed by atoms with Crippen LogP contribution in [0.3, 0.4) is 0 Å². The van der Waals surface area contributed by atoms with E-state index >= 15 is 0 Å². The van der Waals surface area contributed by atoms with Gasteiger partial charge in [-0.25, -0.2) is 18.4 Å². The maximum Gasteiger partial charge on any atom is 0.169 e. The van der Waals surface area contributed by atoms with Gasteiger partial charge in [-0.2, -0.15) is 17.0 Å². The Kier molecular flexibility index (Phi) is 3.73. The van der Waals surface area contributed by atoms with E-state index in [1.54, 1.807) is 16.7 Å². The highest BCUT2D eigenvalue weighted by Crippen LogP contribution is 2.24. The molecule has 1 saturated heterocycles. The Morgan fingerprint density at radius 3 is 2.83 bits per heavy atom. The van der Waals surface area contributed by atoms with E-state index in [2.05, 4.69) is 9.97 Å². The van der Waals surface area contributed by atoms with Crippen molar-refractivity contribution in [3.8, 4) is 6.07 Å². The van der Waals surface area contributed by atoms with E-state index in [4.69, 9.17) is 5.26 Å². The van der Waals surface area contributed by atoms with Gasteiger partial charge in [0, 0.05) is 24.3 Å². The Hall–Kier alpha value is -1.33. The fraction of sp³-hybridized carbons (Fsp3) is 0.500. The molecule has 1 aromatic rings. The summed E-state index contributed by atoms with van der Waals surface area (Å²) in [6.07, 6.45) is 4.04. The molecule has 6 nitrogen and oxygen atoms in total. The smallest absolute Gasteiger partial charge is 0.169 e. The monoisotopic (exact) mass is 284 g/mol. The van der Waals surface area contributed by atoms with Crippen LogP contribution in [-0.4, -0.2) is 48.1 Å². The van der Waals surface area contributed by atoms with Crippen molar-refractivity contribution in [3.05, 3.63) is 18.1 Å². The summed E-state index contributed by atoms with van der Waals surface area (Å²) in [4.78, 5) is 9.76. The van der Waals surface area contributed by atoms with E-state index in [1.165, 1.54) is 18.6 Å². The molecule has 2 rings (SSSR count). The zero-order chi connectivity index (χ0) is 13.2. The molecule has 0 bridgehead atoms. The summed E-state index contributed by atoms with van der Waals surface area (Å²) in [5.74, 6) is 1.89. The Labute approximate surface area is 110 Å². The average Bonchev–Trinajstić information content (AvgIpc) is 2.38. The molecule has 0 radical (unpaired) electrons. The molecule has 1 unspecified atom stereocenters. The van der Waals surface area contributed by atoms with Crippen molar-refractivity contribution in [2.45, 2.75) is 5.37 Å². The number of hydrogen-bond donors (Lipinski definition) is 0. The molecular weight excluding hydrogens is 272 g/mol.